The summed E-state index contributed by atoms with van der Waals surface area (Å²) >= 11 is 1.56. The van der Waals surface area contributed by atoms with E-state index in [0.29, 0.717) is 17.6 Å². The van der Waals surface area contributed by atoms with Gasteiger partial charge < -0.3 is 14.8 Å². The van der Waals surface area contributed by atoms with Gasteiger partial charge in [0, 0.05) is 20.5 Å². The van der Waals surface area contributed by atoms with Crippen molar-refractivity contribution in [2.75, 3.05) is 33.4 Å². The summed E-state index contributed by atoms with van der Waals surface area (Å²) in [5, 5.41) is 4.10. The third kappa shape index (κ3) is 6.43. The first kappa shape index (κ1) is 27.2. The Morgan fingerprint density at radius 3 is 2.46 bits per heavy atom. The average Bonchev–Trinajstić information content (AvgIpc) is 3.69. The zero-order chi connectivity index (χ0) is 27.4. The van der Waals surface area contributed by atoms with Crippen LogP contribution in [0, 0.1) is 0 Å². The molecule has 0 spiro atoms. The molecule has 5 rings (SSSR count). The van der Waals surface area contributed by atoms with Crippen molar-refractivity contribution in [1.82, 2.24) is 10.2 Å². The number of ether oxygens (including phenoxy) is 2. The maximum absolute atomic E-state index is 12.8. The van der Waals surface area contributed by atoms with Gasteiger partial charge in [0.2, 0.25) is 0 Å². The highest BCUT2D eigenvalue weighted by molar-refractivity contribution is 7.13. The molecule has 2 aromatic rings. The van der Waals surface area contributed by atoms with E-state index in [0.717, 1.165) is 59.0 Å². The number of thiophene rings is 1. The van der Waals surface area contributed by atoms with E-state index in [1.54, 1.807) is 23.5 Å². The van der Waals surface area contributed by atoms with E-state index >= 15 is 0 Å². The van der Waals surface area contributed by atoms with Gasteiger partial charge in [-0.15, -0.1) is 11.3 Å². The first-order chi connectivity index (χ1) is 18.9. The number of hydrogen-bond acceptors (Lipinski definition) is 9. The van der Waals surface area contributed by atoms with Gasteiger partial charge in [0.05, 0.1) is 0 Å². The zero-order valence-corrected chi connectivity index (χ0v) is 22.8. The summed E-state index contributed by atoms with van der Waals surface area (Å²) < 4.78 is 11.5. The summed E-state index contributed by atoms with van der Waals surface area (Å²) in [4.78, 5) is 52.7. The van der Waals surface area contributed by atoms with Crippen molar-refractivity contribution in [2.45, 2.75) is 44.2 Å². The fraction of sp³-hybridized carbons (Fsp3) is 0.400. The van der Waals surface area contributed by atoms with Gasteiger partial charge in [-0.1, -0.05) is 36.4 Å². The molecule has 0 bridgehead atoms. The van der Waals surface area contributed by atoms with Crippen LogP contribution in [0.3, 0.4) is 0 Å². The lowest BCUT2D eigenvalue weighted by atomic mass is 10.1. The molecule has 0 radical (unpaired) electrons. The van der Waals surface area contributed by atoms with Gasteiger partial charge in [0.1, 0.15) is 12.1 Å². The van der Waals surface area contributed by atoms with Crippen LogP contribution in [0.5, 0.6) is 0 Å². The van der Waals surface area contributed by atoms with Crippen LogP contribution < -0.4 is 15.1 Å². The number of likely N-dealkylation sites (tertiary alicyclic amines) is 1. The average molecular weight is 549 g/mol. The van der Waals surface area contributed by atoms with Crippen molar-refractivity contribution in [1.29, 1.82) is 0 Å². The van der Waals surface area contributed by atoms with Crippen LogP contribution in [0.1, 0.15) is 42.5 Å². The molecular weight excluding hydrogens is 516 g/mol. The number of Topliss-reactive ketones (excluding diaryl/α,β-unsaturated/α-hetero) is 2. The minimum absolute atomic E-state index is 0.215. The van der Waals surface area contributed by atoms with E-state index in [9.17, 15) is 19.2 Å². The van der Waals surface area contributed by atoms with Crippen LogP contribution in [0.2, 0.25) is 0 Å². The number of rotatable bonds is 9. The Bertz CT molecular complexity index is 1420. The second-order valence-corrected chi connectivity index (χ2v) is 11.2. The number of hydrogen-bond donors (Lipinski definition) is 1. The smallest absolute Gasteiger partial charge is 0.323 e. The standard InChI is InChI=1S/C30H32N2O6S/c1-32-14-4-8-24(32)30(36)38-18-26(34)21-5-2-6-22-16-27(39-28(22)15-21)20-11-9-19(10-12-20)25(33)17-37-29(35)23-7-3-13-31-23/h5-6,9-12,15-16,23-24,31H,2-4,7-8,13-14,17-18H2,1H3/t23-,24-/m0/s1. The quantitative estimate of drug-likeness (QED) is 0.375. The maximum Gasteiger partial charge on any atom is 0.323 e. The molecule has 2 aliphatic heterocycles. The molecule has 3 heterocycles. The number of carbonyl (C=O) groups excluding carboxylic acids is 4. The Morgan fingerprint density at radius 2 is 1.74 bits per heavy atom. The molecule has 204 valence electrons. The Morgan fingerprint density at radius 1 is 0.974 bits per heavy atom. The third-order valence-corrected chi connectivity index (χ3v) is 8.54. The van der Waals surface area contributed by atoms with E-state index in [1.807, 2.05) is 36.2 Å². The number of allylic oxidation sites excluding steroid dienone is 1. The van der Waals surface area contributed by atoms with Gasteiger partial charge in [-0.3, -0.25) is 24.1 Å². The van der Waals surface area contributed by atoms with Gasteiger partial charge in [0.15, 0.2) is 24.8 Å². The van der Waals surface area contributed by atoms with Crippen LogP contribution >= 0.6 is 11.3 Å². The Kier molecular flexibility index (Phi) is 8.50. The van der Waals surface area contributed by atoms with Gasteiger partial charge >= 0.3 is 11.9 Å². The number of ketones is 2. The largest absolute Gasteiger partial charge is 0.456 e. The lowest BCUT2D eigenvalue weighted by Crippen LogP contribution is -2.35. The van der Waals surface area contributed by atoms with Gasteiger partial charge in [0.25, 0.3) is 0 Å². The molecule has 0 amide bonds. The third-order valence-electron chi connectivity index (χ3n) is 7.39. The Hall–Kier alpha value is -3.40. The fourth-order valence-electron chi connectivity index (χ4n) is 5.09. The summed E-state index contributed by atoms with van der Waals surface area (Å²) in [5.41, 5.74) is 1.97. The second kappa shape index (κ2) is 12.2. The molecule has 39 heavy (non-hydrogen) atoms. The van der Waals surface area contributed by atoms with Crippen molar-refractivity contribution in [2.24, 2.45) is 0 Å². The number of nitrogens with zero attached hydrogens (tertiary/aromatic N) is 1. The van der Waals surface area contributed by atoms with E-state index in [2.05, 4.69) is 17.5 Å². The van der Waals surface area contributed by atoms with Crippen LogP contribution in [0.25, 0.3) is 22.6 Å². The van der Waals surface area contributed by atoms with Crippen molar-refractivity contribution < 1.29 is 28.7 Å². The number of carbonyl (C=O) groups is 4. The predicted molar refractivity (Wildman–Crippen MR) is 149 cm³/mol. The highest BCUT2D eigenvalue weighted by Gasteiger charge is 2.29. The van der Waals surface area contributed by atoms with Crippen LogP contribution in [-0.4, -0.2) is 73.8 Å². The molecule has 2 saturated heterocycles. The molecule has 1 N–H and O–H groups in total. The van der Waals surface area contributed by atoms with E-state index < -0.39 is 0 Å². The molecule has 3 aliphatic rings. The highest BCUT2D eigenvalue weighted by atomic mass is 32.1. The molecular formula is C30H32N2O6S. The summed E-state index contributed by atoms with van der Waals surface area (Å²) in [5.74, 6) is -1.18. The number of nitrogens with one attached hydrogen (secondary N) is 1. The normalized spacial score (nSPS) is 20.7. The predicted octanol–water partition coefficient (Wildman–Crippen LogP) is 1.99. The Balaban J connectivity index is 1.21. The summed E-state index contributed by atoms with van der Waals surface area (Å²) in [6, 6.07) is 8.71. The molecule has 1 aromatic carbocycles. The highest BCUT2D eigenvalue weighted by Crippen LogP contribution is 2.22. The minimum atomic E-state index is -0.378. The summed E-state index contributed by atoms with van der Waals surface area (Å²) in [7, 11) is 1.89. The SMILES string of the molecule is CN1CCC[C@H]1C(=O)OCC(=O)C1=CCC=c2cc(-c3ccc(C(=O)COC(=O)[C@@H]4CCCN4)cc3)sc2=C1. The molecule has 0 saturated carbocycles. The van der Waals surface area contributed by atoms with E-state index in [4.69, 9.17) is 9.47 Å². The summed E-state index contributed by atoms with van der Waals surface area (Å²) in [6.45, 7) is 1.11. The number of likely N-dealkylation sites (N-methyl/N-ethyl adjacent to an activating group) is 1. The fourth-order valence-corrected chi connectivity index (χ4v) is 6.21. The van der Waals surface area contributed by atoms with E-state index in [1.165, 1.54) is 0 Å². The lowest BCUT2D eigenvalue weighted by molar-refractivity contribution is -0.151. The van der Waals surface area contributed by atoms with Crippen LogP contribution in [0.15, 0.2) is 42.0 Å². The monoisotopic (exact) mass is 548 g/mol. The topological polar surface area (TPSA) is 102 Å². The first-order valence-corrected chi connectivity index (χ1v) is 14.2. The molecule has 2 atom stereocenters. The lowest BCUT2D eigenvalue weighted by Gasteiger charge is -2.17. The molecule has 1 aromatic heterocycles. The number of fused-ring (bicyclic) bond motifs is 1. The van der Waals surface area contributed by atoms with Crippen molar-refractivity contribution >= 4 is 47.0 Å². The van der Waals surface area contributed by atoms with Crippen molar-refractivity contribution in [3.63, 3.8) is 0 Å². The molecule has 0 unspecified atom stereocenters. The molecule has 2 fully saturated rings. The van der Waals surface area contributed by atoms with Gasteiger partial charge in [-0.2, -0.15) is 0 Å². The molecule has 8 nitrogen and oxygen atoms in total. The summed E-state index contributed by atoms with van der Waals surface area (Å²) in [6.07, 6.45) is 9.76. The number of benzene rings is 1. The van der Waals surface area contributed by atoms with Gasteiger partial charge in [-0.25, -0.2) is 0 Å². The van der Waals surface area contributed by atoms with Crippen LogP contribution in [0.4, 0.5) is 0 Å². The molecule has 1 aliphatic carbocycles. The van der Waals surface area contributed by atoms with E-state index in [-0.39, 0.29) is 48.8 Å². The minimum Gasteiger partial charge on any atom is -0.456 e. The van der Waals surface area contributed by atoms with Gasteiger partial charge in [-0.05, 0) is 75.2 Å². The number of esters is 2. The Labute approximate surface area is 231 Å². The van der Waals surface area contributed by atoms with Crippen molar-refractivity contribution in [3.05, 3.63) is 57.3 Å². The van der Waals surface area contributed by atoms with Crippen LogP contribution in [-0.2, 0) is 23.9 Å². The first-order valence-electron chi connectivity index (χ1n) is 13.3. The van der Waals surface area contributed by atoms with Crippen molar-refractivity contribution in [3.8, 4) is 10.4 Å². The second-order valence-electron chi connectivity index (χ2n) is 10.1. The maximum atomic E-state index is 12.8. The molecule has 9 heteroatoms. The zero-order valence-electron chi connectivity index (χ0n) is 21.9.